The van der Waals surface area contributed by atoms with E-state index < -0.39 is 23.9 Å². The number of aliphatic hydroxyl groups excluding tert-OH is 1. The quantitative estimate of drug-likeness (QED) is 0.930. The first-order valence-corrected chi connectivity index (χ1v) is 7.85. The minimum atomic E-state index is -4.42. The number of halogens is 3. The van der Waals surface area contributed by atoms with E-state index in [2.05, 4.69) is 10.1 Å². The van der Waals surface area contributed by atoms with Crippen molar-refractivity contribution in [3.8, 4) is 0 Å². The van der Waals surface area contributed by atoms with Gasteiger partial charge in [-0.1, -0.05) is 18.2 Å². The van der Waals surface area contributed by atoms with Crippen LogP contribution in [0.2, 0.25) is 0 Å². The summed E-state index contributed by atoms with van der Waals surface area (Å²) in [5.74, 6) is 0.682. The van der Waals surface area contributed by atoms with Crippen LogP contribution in [0.5, 0.6) is 0 Å². The SMILES string of the molecule is CCn1ncnc1CN1C[C@H](O)C[C@@H]1c1ccccc1C(F)(F)F. The maximum Gasteiger partial charge on any atom is 0.416 e. The van der Waals surface area contributed by atoms with E-state index in [1.54, 1.807) is 10.7 Å². The van der Waals surface area contributed by atoms with Crippen molar-refractivity contribution in [1.29, 1.82) is 0 Å². The number of hydrogen-bond donors (Lipinski definition) is 1. The highest BCUT2D eigenvalue weighted by atomic mass is 19.4. The summed E-state index contributed by atoms with van der Waals surface area (Å²) in [7, 11) is 0. The van der Waals surface area contributed by atoms with E-state index in [-0.39, 0.29) is 12.0 Å². The Kier molecular flexibility index (Phi) is 4.60. The Morgan fingerprint density at radius 3 is 2.75 bits per heavy atom. The molecule has 0 aliphatic carbocycles. The van der Waals surface area contributed by atoms with Crippen molar-refractivity contribution >= 4 is 0 Å². The van der Waals surface area contributed by atoms with Crippen LogP contribution in [0.1, 0.15) is 36.3 Å². The summed E-state index contributed by atoms with van der Waals surface area (Å²) in [6.07, 6.45) is -3.37. The Labute approximate surface area is 137 Å². The van der Waals surface area contributed by atoms with Gasteiger partial charge in [0, 0.05) is 19.1 Å². The molecule has 0 spiro atoms. The van der Waals surface area contributed by atoms with E-state index in [1.807, 2.05) is 11.8 Å². The van der Waals surface area contributed by atoms with Crippen molar-refractivity contribution < 1.29 is 18.3 Å². The standard InChI is InChI=1S/C16H19F3N4O/c1-2-23-15(20-10-21-23)9-22-8-11(24)7-14(22)12-5-3-4-6-13(12)16(17,18)19/h3-6,10-11,14,24H,2,7-9H2,1H3/t11-,14-/m1/s1. The molecule has 0 bridgehead atoms. The Morgan fingerprint density at radius 1 is 1.29 bits per heavy atom. The molecule has 1 N–H and O–H groups in total. The van der Waals surface area contributed by atoms with Crippen molar-refractivity contribution in [2.45, 2.75) is 44.8 Å². The summed E-state index contributed by atoms with van der Waals surface area (Å²) in [5.41, 5.74) is -0.449. The molecule has 0 unspecified atom stereocenters. The highest BCUT2D eigenvalue weighted by Crippen LogP contribution is 2.40. The Morgan fingerprint density at radius 2 is 2.04 bits per heavy atom. The van der Waals surface area contributed by atoms with Crippen LogP contribution >= 0.6 is 0 Å². The monoisotopic (exact) mass is 340 g/mol. The van der Waals surface area contributed by atoms with Gasteiger partial charge in [-0.25, -0.2) is 9.67 Å². The number of nitrogens with zero attached hydrogens (tertiary/aromatic N) is 4. The number of benzene rings is 1. The maximum atomic E-state index is 13.3. The van der Waals surface area contributed by atoms with Gasteiger partial charge in [0.15, 0.2) is 0 Å². The molecule has 2 aromatic rings. The lowest BCUT2D eigenvalue weighted by atomic mass is 9.97. The summed E-state index contributed by atoms with van der Waals surface area (Å²) in [4.78, 5) is 6.02. The molecule has 24 heavy (non-hydrogen) atoms. The summed E-state index contributed by atoms with van der Waals surface area (Å²) >= 11 is 0. The van der Waals surface area contributed by atoms with Gasteiger partial charge in [-0.05, 0) is 25.0 Å². The molecule has 0 saturated carbocycles. The molecule has 2 atom stereocenters. The minimum absolute atomic E-state index is 0.198. The Bertz CT molecular complexity index is 701. The van der Waals surface area contributed by atoms with Gasteiger partial charge in [0.2, 0.25) is 0 Å². The first-order valence-electron chi connectivity index (χ1n) is 7.85. The van der Waals surface area contributed by atoms with Gasteiger partial charge in [-0.3, -0.25) is 4.90 Å². The second-order valence-electron chi connectivity index (χ2n) is 5.91. The number of hydrogen-bond acceptors (Lipinski definition) is 4. The average molecular weight is 340 g/mol. The molecule has 2 heterocycles. The van der Waals surface area contributed by atoms with Gasteiger partial charge in [0.1, 0.15) is 12.2 Å². The second-order valence-corrected chi connectivity index (χ2v) is 5.91. The van der Waals surface area contributed by atoms with E-state index in [4.69, 9.17) is 0 Å². The first kappa shape index (κ1) is 16.9. The molecular weight excluding hydrogens is 321 g/mol. The van der Waals surface area contributed by atoms with Crippen LogP contribution in [0.25, 0.3) is 0 Å². The lowest BCUT2D eigenvalue weighted by molar-refractivity contribution is -0.138. The van der Waals surface area contributed by atoms with E-state index >= 15 is 0 Å². The zero-order chi connectivity index (χ0) is 17.3. The number of alkyl halides is 3. The fourth-order valence-electron chi connectivity index (χ4n) is 3.28. The maximum absolute atomic E-state index is 13.3. The molecule has 130 valence electrons. The Hall–Kier alpha value is -1.93. The Balaban J connectivity index is 1.92. The molecule has 8 heteroatoms. The van der Waals surface area contributed by atoms with Gasteiger partial charge in [0.25, 0.3) is 0 Å². The topological polar surface area (TPSA) is 54.2 Å². The van der Waals surface area contributed by atoms with E-state index in [0.29, 0.717) is 25.5 Å². The lowest BCUT2D eigenvalue weighted by Gasteiger charge is -2.26. The van der Waals surface area contributed by atoms with Crippen molar-refractivity contribution in [1.82, 2.24) is 19.7 Å². The van der Waals surface area contributed by atoms with E-state index in [1.165, 1.54) is 18.5 Å². The van der Waals surface area contributed by atoms with Crippen LogP contribution in [-0.2, 0) is 19.3 Å². The van der Waals surface area contributed by atoms with Crippen LogP contribution in [0.15, 0.2) is 30.6 Å². The predicted molar refractivity (Wildman–Crippen MR) is 80.9 cm³/mol. The molecule has 1 aromatic heterocycles. The summed E-state index contributed by atoms with van der Waals surface area (Å²) in [6, 6.07) is 5.06. The average Bonchev–Trinajstić information content (AvgIpc) is 3.13. The molecular formula is C16H19F3N4O. The molecule has 3 rings (SSSR count). The molecule has 1 aliphatic heterocycles. The fourth-order valence-corrected chi connectivity index (χ4v) is 3.28. The highest BCUT2D eigenvalue weighted by Gasteiger charge is 2.40. The van der Waals surface area contributed by atoms with E-state index in [0.717, 1.165) is 6.07 Å². The van der Waals surface area contributed by atoms with Crippen LogP contribution in [0.3, 0.4) is 0 Å². The normalized spacial score (nSPS) is 22.2. The number of likely N-dealkylation sites (tertiary alicyclic amines) is 1. The zero-order valence-corrected chi connectivity index (χ0v) is 13.2. The highest BCUT2D eigenvalue weighted by molar-refractivity contribution is 5.33. The number of aryl methyl sites for hydroxylation is 1. The zero-order valence-electron chi connectivity index (χ0n) is 13.2. The second kappa shape index (κ2) is 6.52. The van der Waals surface area contributed by atoms with Gasteiger partial charge in [0.05, 0.1) is 18.2 Å². The summed E-state index contributed by atoms with van der Waals surface area (Å²) in [5, 5.41) is 14.1. The van der Waals surface area contributed by atoms with Gasteiger partial charge >= 0.3 is 6.18 Å². The van der Waals surface area contributed by atoms with Gasteiger partial charge < -0.3 is 5.11 Å². The fraction of sp³-hybridized carbons (Fsp3) is 0.500. The van der Waals surface area contributed by atoms with Crippen molar-refractivity contribution in [2.75, 3.05) is 6.54 Å². The van der Waals surface area contributed by atoms with Gasteiger partial charge in [-0.15, -0.1) is 0 Å². The first-order chi connectivity index (χ1) is 11.4. The third kappa shape index (κ3) is 3.29. The molecule has 1 aromatic carbocycles. The minimum Gasteiger partial charge on any atom is -0.392 e. The number of β-amino-alcohol motifs (C(OH)–C–C–N with tert-alkyl or cyclic N) is 1. The van der Waals surface area contributed by atoms with Crippen molar-refractivity contribution in [2.24, 2.45) is 0 Å². The molecule has 0 amide bonds. The molecule has 5 nitrogen and oxygen atoms in total. The largest absolute Gasteiger partial charge is 0.416 e. The van der Waals surface area contributed by atoms with Crippen LogP contribution in [-0.4, -0.2) is 37.4 Å². The van der Waals surface area contributed by atoms with Crippen LogP contribution in [0.4, 0.5) is 13.2 Å². The van der Waals surface area contributed by atoms with Crippen LogP contribution in [0, 0.1) is 0 Å². The van der Waals surface area contributed by atoms with Crippen molar-refractivity contribution in [3.05, 3.63) is 47.5 Å². The lowest BCUT2D eigenvalue weighted by Crippen LogP contribution is -2.27. The summed E-state index contributed by atoms with van der Waals surface area (Å²) in [6.45, 7) is 3.22. The predicted octanol–water partition coefficient (Wildman–Crippen LogP) is 2.62. The molecule has 1 fully saturated rings. The van der Waals surface area contributed by atoms with Crippen LogP contribution < -0.4 is 0 Å². The van der Waals surface area contributed by atoms with Gasteiger partial charge in [-0.2, -0.15) is 18.3 Å². The van der Waals surface area contributed by atoms with E-state index in [9.17, 15) is 18.3 Å². The summed E-state index contributed by atoms with van der Waals surface area (Å²) < 4.78 is 41.6. The molecule has 0 radical (unpaired) electrons. The van der Waals surface area contributed by atoms with Crippen molar-refractivity contribution in [3.63, 3.8) is 0 Å². The third-order valence-corrected chi connectivity index (χ3v) is 4.35. The number of rotatable bonds is 4. The molecule has 1 saturated heterocycles. The number of aliphatic hydroxyl groups is 1. The third-order valence-electron chi connectivity index (χ3n) is 4.35. The number of aromatic nitrogens is 3. The molecule has 1 aliphatic rings. The smallest absolute Gasteiger partial charge is 0.392 e.